The molecule has 0 heterocycles. The SMILES string of the molecule is CC(N=Nc1ccc(C(=O)O)cc1)=NNc1ccccc1. The summed E-state index contributed by atoms with van der Waals surface area (Å²) in [5.74, 6) is -0.510. The van der Waals surface area contributed by atoms with E-state index in [0.29, 0.717) is 11.5 Å². The molecule has 21 heavy (non-hydrogen) atoms. The monoisotopic (exact) mass is 282 g/mol. The zero-order valence-corrected chi connectivity index (χ0v) is 11.4. The second-order valence-electron chi connectivity index (χ2n) is 4.19. The Hall–Kier alpha value is -3.02. The molecule has 6 nitrogen and oxygen atoms in total. The average Bonchev–Trinajstić information content (AvgIpc) is 2.52. The number of azo groups is 1. The number of nitrogens with zero attached hydrogens (tertiary/aromatic N) is 3. The minimum Gasteiger partial charge on any atom is -0.478 e. The quantitative estimate of drug-likeness (QED) is 0.385. The molecular weight excluding hydrogens is 268 g/mol. The molecule has 0 saturated heterocycles. The third-order valence-corrected chi connectivity index (χ3v) is 2.55. The van der Waals surface area contributed by atoms with Gasteiger partial charge in [0.2, 0.25) is 0 Å². The smallest absolute Gasteiger partial charge is 0.335 e. The highest BCUT2D eigenvalue weighted by Crippen LogP contribution is 2.13. The molecule has 0 amide bonds. The number of carboxylic acid groups (broad SMARTS) is 1. The van der Waals surface area contributed by atoms with Gasteiger partial charge in [-0.2, -0.15) is 5.10 Å². The van der Waals surface area contributed by atoms with Gasteiger partial charge in [-0.3, -0.25) is 5.43 Å². The van der Waals surface area contributed by atoms with Gasteiger partial charge in [-0.05, 0) is 43.3 Å². The van der Waals surface area contributed by atoms with Crippen LogP contribution in [-0.2, 0) is 0 Å². The van der Waals surface area contributed by atoms with Crippen LogP contribution in [0.25, 0.3) is 0 Å². The standard InChI is InChI=1S/C15H14N4O2/c1-11(16-18-13-5-3-2-4-6-13)17-19-14-9-7-12(8-10-14)15(20)21/h2-10,18H,1H3,(H,20,21). The van der Waals surface area contributed by atoms with E-state index in [9.17, 15) is 4.79 Å². The minimum atomic E-state index is -0.969. The zero-order chi connectivity index (χ0) is 15.1. The van der Waals surface area contributed by atoms with Crippen LogP contribution >= 0.6 is 0 Å². The van der Waals surface area contributed by atoms with E-state index in [2.05, 4.69) is 20.8 Å². The van der Waals surface area contributed by atoms with Crippen LogP contribution in [0.15, 0.2) is 69.9 Å². The number of carboxylic acids is 1. The van der Waals surface area contributed by atoms with Crippen LogP contribution in [0.3, 0.4) is 0 Å². The molecule has 2 rings (SSSR count). The van der Waals surface area contributed by atoms with Crippen molar-refractivity contribution in [2.24, 2.45) is 15.3 Å². The van der Waals surface area contributed by atoms with Crippen molar-refractivity contribution in [3.8, 4) is 0 Å². The summed E-state index contributed by atoms with van der Waals surface area (Å²) in [5.41, 5.74) is 4.50. The number of hydrogen-bond acceptors (Lipinski definition) is 4. The third-order valence-electron chi connectivity index (χ3n) is 2.55. The maximum atomic E-state index is 10.7. The first-order chi connectivity index (χ1) is 10.1. The molecule has 2 aromatic rings. The molecule has 0 aliphatic heterocycles. The Balaban J connectivity index is 1.98. The number of anilines is 1. The van der Waals surface area contributed by atoms with Crippen molar-refractivity contribution in [3.63, 3.8) is 0 Å². The summed E-state index contributed by atoms with van der Waals surface area (Å²) in [6, 6.07) is 15.6. The van der Waals surface area contributed by atoms with Crippen LogP contribution in [-0.4, -0.2) is 16.9 Å². The predicted octanol–water partition coefficient (Wildman–Crippen LogP) is 3.91. The molecule has 106 valence electrons. The summed E-state index contributed by atoms with van der Waals surface area (Å²) >= 11 is 0. The number of nitrogens with one attached hydrogen (secondary N) is 1. The van der Waals surface area contributed by atoms with Gasteiger partial charge in [-0.25, -0.2) is 4.79 Å². The predicted molar refractivity (Wildman–Crippen MR) is 81.1 cm³/mol. The summed E-state index contributed by atoms with van der Waals surface area (Å²) in [6.45, 7) is 1.71. The molecule has 0 unspecified atom stereocenters. The normalized spacial score (nSPS) is 11.6. The topological polar surface area (TPSA) is 86.4 Å². The number of para-hydroxylation sites is 1. The fourth-order valence-corrected chi connectivity index (χ4v) is 1.48. The van der Waals surface area contributed by atoms with Crippen molar-refractivity contribution >= 4 is 23.2 Å². The van der Waals surface area contributed by atoms with Gasteiger partial charge >= 0.3 is 5.97 Å². The van der Waals surface area contributed by atoms with Crippen molar-refractivity contribution in [3.05, 3.63) is 60.2 Å². The lowest BCUT2D eigenvalue weighted by Crippen LogP contribution is -1.94. The lowest BCUT2D eigenvalue weighted by Gasteiger charge is -1.99. The van der Waals surface area contributed by atoms with Gasteiger partial charge in [0.25, 0.3) is 0 Å². The molecule has 0 aliphatic carbocycles. The number of carbonyl (C=O) groups is 1. The average molecular weight is 282 g/mol. The van der Waals surface area contributed by atoms with Crippen molar-refractivity contribution in [2.45, 2.75) is 6.92 Å². The van der Waals surface area contributed by atoms with E-state index in [4.69, 9.17) is 5.11 Å². The van der Waals surface area contributed by atoms with Crippen LogP contribution in [0.1, 0.15) is 17.3 Å². The molecule has 0 saturated carbocycles. The van der Waals surface area contributed by atoms with E-state index in [-0.39, 0.29) is 5.56 Å². The Kier molecular flexibility index (Phi) is 4.76. The Morgan fingerprint density at radius 2 is 1.71 bits per heavy atom. The van der Waals surface area contributed by atoms with E-state index in [1.54, 1.807) is 19.1 Å². The fourth-order valence-electron chi connectivity index (χ4n) is 1.48. The summed E-state index contributed by atoms with van der Waals surface area (Å²) < 4.78 is 0. The molecule has 0 bridgehead atoms. The Bertz CT molecular complexity index is 664. The van der Waals surface area contributed by atoms with Gasteiger partial charge in [0.05, 0.1) is 16.9 Å². The second kappa shape index (κ2) is 6.95. The van der Waals surface area contributed by atoms with E-state index in [0.717, 1.165) is 5.69 Å². The summed E-state index contributed by atoms with van der Waals surface area (Å²) in [4.78, 5) is 10.7. The maximum absolute atomic E-state index is 10.7. The van der Waals surface area contributed by atoms with Crippen LogP contribution in [0, 0.1) is 0 Å². The fraction of sp³-hybridized carbons (Fsp3) is 0.0667. The zero-order valence-electron chi connectivity index (χ0n) is 11.4. The Morgan fingerprint density at radius 1 is 1.05 bits per heavy atom. The van der Waals surface area contributed by atoms with Gasteiger partial charge in [0, 0.05) is 0 Å². The molecule has 0 atom stereocenters. The molecule has 0 aliphatic rings. The van der Waals surface area contributed by atoms with Gasteiger partial charge in [-0.1, -0.05) is 18.2 Å². The van der Waals surface area contributed by atoms with Crippen LogP contribution in [0.5, 0.6) is 0 Å². The van der Waals surface area contributed by atoms with Gasteiger partial charge in [0.15, 0.2) is 5.84 Å². The highest BCUT2D eigenvalue weighted by Gasteiger charge is 2.00. The molecule has 0 aromatic heterocycles. The van der Waals surface area contributed by atoms with E-state index >= 15 is 0 Å². The van der Waals surface area contributed by atoms with Crippen LogP contribution in [0.4, 0.5) is 11.4 Å². The molecule has 0 fully saturated rings. The maximum Gasteiger partial charge on any atom is 0.335 e. The number of amidine groups is 1. The highest BCUT2D eigenvalue weighted by atomic mass is 16.4. The first kappa shape index (κ1) is 14.4. The largest absolute Gasteiger partial charge is 0.478 e. The Morgan fingerprint density at radius 3 is 2.33 bits per heavy atom. The highest BCUT2D eigenvalue weighted by molar-refractivity contribution is 5.88. The van der Waals surface area contributed by atoms with Gasteiger partial charge < -0.3 is 5.11 Å². The number of benzene rings is 2. The Labute approximate surface area is 121 Å². The molecule has 2 N–H and O–H groups in total. The molecule has 0 radical (unpaired) electrons. The molecular formula is C15H14N4O2. The molecule has 6 heteroatoms. The number of rotatable bonds is 4. The molecule has 2 aromatic carbocycles. The van der Waals surface area contributed by atoms with E-state index in [1.165, 1.54) is 12.1 Å². The first-order valence-electron chi connectivity index (χ1n) is 6.25. The van der Waals surface area contributed by atoms with E-state index in [1.807, 2.05) is 30.3 Å². The van der Waals surface area contributed by atoms with Gasteiger partial charge in [0.1, 0.15) is 0 Å². The van der Waals surface area contributed by atoms with Crippen molar-refractivity contribution in [1.82, 2.24) is 0 Å². The lowest BCUT2D eigenvalue weighted by atomic mass is 10.2. The van der Waals surface area contributed by atoms with Gasteiger partial charge in [-0.15, -0.1) is 10.2 Å². The first-order valence-corrected chi connectivity index (χ1v) is 6.25. The van der Waals surface area contributed by atoms with Crippen molar-refractivity contribution in [1.29, 1.82) is 0 Å². The third kappa shape index (κ3) is 4.54. The number of aromatic carboxylic acids is 1. The number of hydrazone groups is 1. The molecule has 0 spiro atoms. The van der Waals surface area contributed by atoms with Crippen LogP contribution < -0.4 is 5.43 Å². The summed E-state index contributed by atoms with van der Waals surface area (Å²) in [6.07, 6.45) is 0. The summed E-state index contributed by atoms with van der Waals surface area (Å²) in [7, 11) is 0. The lowest BCUT2D eigenvalue weighted by molar-refractivity contribution is 0.0697. The summed E-state index contributed by atoms with van der Waals surface area (Å²) in [5, 5.41) is 20.8. The minimum absolute atomic E-state index is 0.213. The van der Waals surface area contributed by atoms with Crippen molar-refractivity contribution < 1.29 is 9.90 Å². The van der Waals surface area contributed by atoms with Crippen LogP contribution in [0.2, 0.25) is 0 Å². The number of hydrogen-bond donors (Lipinski definition) is 2. The van der Waals surface area contributed by atoms with E-state index < -0.39 is 5.97 Å². The second-order valence-corrected chi connectivity index (χ2v) is 4.19. The van der Waals surface area contributed by atoms with Crippen molar-refractivity contribution in [2.75, 3.05) is 5.43 Å².